The molecule has 4 heterocycles. The predicted molar refractivity (Wildman–Crippen MR) is 157 cm³/mol. The maximum Gasteiger partial charge on any atom is 0.252 e. The second-order valence-corrected chi connectivity index (χ2v) is 9.45. The number of carbonyl (C=O) groups excluding carboxylic acids is 1. The molecule has 4 aromatic rings. The number of nitrogens with zero attached hydrogens (tertiary/aromatic N) is 4. The number of carbonyl (C=O) groups is 1. The molecule has 220 valence electrons. The van der Waals surface area contributed by atoms with Crippen molar-refractivity contribution in [2.24, 2.45) is 0 Å². The average Bonchev–Trinajstić information content (AvgIpc) is 3.05. The van der Waals surface area contributed by atoms with Gasteiger partial charge in [0.25, 0.3) is 5.91 Å². The lowest BCUT2D eigenvalue weighted by Crippen LogP contribution is -2.61. The summed E-state index contributed by atoms with van der Waals surface area (Å²) in [6.45, 7) is 1.65. The first-order chi connectivity index (χ1) is 20.6. The fraction of sp³-hybridized carbons (Fsp3) is 0.300. The van der Waals surface area contributed by atoms with Crippen LogP contribution in [0.25, 0.3) is 0 Å². The molecule has 0 aliphatic heterocycles. The molecule has 12 heteroatoms. The molecule has 2 unspecified atom stereocenters. The van der Waals surface area contributed by atoms with Crippen LogP contribution in [0.1, 0.15) is 33.1 Å². The molecule has 0 aliphatic carbocycles. The number of aromatic nitrogens is 4. The van der Waals surface area contributed by atoms with Crippen LogP contribution in [-0.2, 0) is 26.2 Å². The van der Waals surface area contributed by atoms with Crippen molar-refractivity contribution >= 4 is 5.91 Å². The molecule has 0 saturated heterocycles. The summed E-state index contributed by atoms with van der Waals surface area (Å²) < 4.78 is 0. The molecule has 0 aliphatic rings. The van der Waals surface area contributed by atoms with E-state index in [1.165, 1.54) is 6.20 Å². The van der Waals surface area contributed by atoms with Gasteiger partial charge in [0.1, 0.15) is 6.10 Å². The van der Waals surface area contributed by atoms with Crippen molar-refractivity contribution in [2.75, 3.05) is 13.2 Å². The van der Waals surface area contributed by atoms with Crippen LogP contribution in [0.2, 0.25) is 0 Å². The van der Waals surface area contributed by atoms with Crippen molar-refractivity contribution in [1.29, 1.82) is 0 Å². The maximum atomic E-state index is 12.1. The molecule has 1 amide bonds. The zero-order chi connectivity index (χ0) is 29.4. The lowest BCUT2D eigenvalue weighted by Gasteiger charge is -2.32. The molecule has 0 aromatic carbocycles. The van der Waals surface area contributed by atoms with Gasteiger partial charge in [0, 0.05) is 57.5 Å². The van der Waals surface area contributed by atoms with E-state index in [0.29, 0.717) is 37.4 Å². The number of pyridine rings is 4. The Morgan fingerprint density at radius 3 is 1.45 bits per heavy atom. The van der Waals surface area contributed by atoms with Gasteiger partial charge < -0.3 is 15.5 Å². The number of rotatable bonds is 17. The highest BCUT2D eigenvalue weighted by molar-refractivity contribution is 5.93. The van der Waals surface area contributed by atoms with Gasteiger partial charge in [-0.3, -0.25) is 46.0 Å². The zero-order valence-corrected chi connectivity index (χ0v) is 23.2. The van der Waals surface area contributed by atoms with Gasteiger partial charge >= 0.3 is 0 Å². The van der Waals surface area contributed by atoms with E-state index in [9.17, 15) is 9.90 Å². The molecule has 2 atom stereocenters. The third-order valence-electron chi connectivity index (χ3n) is 6.36. The van der Waals surface area contributed by atoms with Crippen molar-refractivity contribution in [3.8, 4) is 0 Å². The SMILES string of the molecule is O=C(NCCO)c1ccc(CNC(NCc2ccccn2)C(O)C(NCc2ccccn2)NCc2ccccn2)nc1. The van der Waals surface area contributed by atoms with Crippen molar-refractivity contribution in [2.45, 2.75) is 44.6 Å². The van der Waals surface area contributed by atoms with Crippen LogP contribution >= 0.6 is 0 Å². The largest absolute Gasteiger partial charge is 0.395 e. The lowest BCUT2D eigenvalue weighted by atomic mass is 10.1. The molecule has 0 fully saturated rings. The Morgan fingerprint density at radius 1 is 0.643 bits per heavy atom. The molecular formula is C30H37N9O3. The first kappa shape index (κ1) is 30.8. The number of hydrogen-bond acceptors (Lipinski definition) is 11. The van der Waals surface area contributed by atoms with Gasteiger partial charge in [0.05, 0.1) is 47.3 Å². The molecule has 0 saturated carbocycles. The van der Waals surface area contributed by atoms with Crippen molar-refractivity contribution < 1.29 is 15.0 Å². The Bertz CT molecular complexity index is 1270. The highest BCUT2D eigenvalue weighted by Gasteiger charge is 2.27. The summed E-state index contributed by atoms with van der Waals surface area (Å²) in [6.07, 6.45) is 4.59. The third-order valence-corrected chi connectivity index (χ3v) is 6.36. The second kappa shape index (κ2) is 16.9. The fourth-order valence-electron chi connectivity index (χ4n) is 4.12. The Balaban J connectivity index is 1.47. The average molecular weight is 572 g/mol. The molecule has 42 heavy (non-hydrogen) atoms. The zero-order valence-electron chi connectivity index (χ0n) is 23.2. The number of hydrogen-bond donors (Lipinski definition) is 7. The van der Waals surface area contributed by atoms with E-state index in [0.717, 1.165) is 17.1 Å². The van der Waals surface area contributed by atoms with E-state index in [1.54, 1.807) is 30.7 Å². The fourth-order valence-corrected chi connectivity index (χ4v) is 4.12. The molecule has 0 radical (unpaired) electrons. The van der Waals surface area contributed by atoms with E-state index >= 15 is 0 Å². The van der Waals surface area contributed by atoms with Gasteiger partial charge in [-0.1, -0.05) is 18.2 Å². The number of aliphatic hydroxyl groups is 2. The Labute approximate surface area is 245 Å². The molecule has 0 spiro atoms. The lowest BCUT2D eigenvalue weighted by molar-refractivity contribution is 0.0563. The monoisotopic (exact) mass is 571 g/mol. The van der Waals surface area contributed by atoms with E-state index in [1.807, 2.05) is 54.6 Å². The normalized spacial score (nSPS) is 12.6. The quantitative estimate of drug-likeness (QED) is 0.0879. The van der Waals surface area contributed by atoms with Gasteiger partial charge in [0.2, 0.25) is 0 Å². The molecular weight excluding hydrogens is 534 g/mol. The molecule has 0 bridgehead atoms. The van der Waals surface area contributed by atoms with E-state index < -0.39 is 18.4 Å². The molecule has 4 aromatic heterocycles. The van der Waals surface area contributed by atoms with E-state index in [2.05, 4.69) is 46.5 Å². The van der Waals surface area contributed by atoms with E-state index in [4.69, 9.17) is 5.11 Å². The number of amides is 1. The summed E-state index contributed by atoms with van der Waals surface area (Å²) in [7, 11) is 0. The van der Waals surface area contributed by atoms with Crippen LogP contribution in [0.3, 0.4) is 0 Å². The van der Waals surface area contributed by atoms with Crippen LogP contribution in [0.4, 0.5) is 0 Å². The maximum absolute atomic E-state index is 12.1. The summed E-state index contributed by atoms with van der Waals surface area (Å²) >= 11 is 0. The second-order valence-electron chi connectivity index (χ2n) is 9.45. The van der Waals surface area contributed by atoms with Crippen molar-refractivity contribution in [3.63, 3.8) is 0 Å². The first-order valence-electron chi connectivity index (χ1n) is 13.8. The van der Waals surface area contributed by atoms with Crippen molar-refractivity contribution in [3.05, 3.63) is 120 Å². The summed E-state index contributed by atoms with van der Waals surface area (Å²) in [5.41, 5.74) is 3.59. The minimum atomic E-state index is -0.954. The highest BCUT2D eigenvalue weighted by Crippen LogP contribution is 2.06. The number of aliphatic hydroxyl groups excluding tert-OH is 2. The topological polar surface area (TPSA) is 169 Å². The summed E-state index contributed by atoms with van der Waals surface area (Å²) in [6, 6.07) is 20.5. The van der Waals surface area contributed by atoms with Crippen LogP contribution in [0.15, 0.2) is 91.5 Å². The van der Waals surface area contributed by atoms with E-state index in [-0.39, 0.29) is 19.1 Å². The van der Waals surface area contributed by atoms with Crippen LogP contribution in [0.5, 0.6) is 0 Å². The van der Waals surface area contributed by atoms with Gasteiger partial charge in [-0.2, -0.15) is 0 Å². The molecule has 12 nitrogen and oxygen atoms in total. The molecule has 7 N–H and O–H groups in total. The van der Waals surface area contributed by atoms with Crippen molar-refractivity contribution in [1.82, 2.24) is 46.5 Å². The summed E-state index contributed by atoms with van der Waals surface area (Å²) in [4.78, 5) is 29.7. The standard InChI is InChI=1S/C30H37N9O3/c40-16-15-34-30(42)22-10-11-26(35-17-22)21-39-29(38-20-25-9-3-6-14-33-25)27(41)28(36-18-23-7-1-4-12-31-23)37-19-24-8-2-5-13-32-24/h1-14,17,27-29,36-41H,15-16,18-21H2,(H,34,42). The van der Waals surface area contributed by atoms with Crippen LogP contribution in [0, 0.1) is 0 Å². The predicted octanol–water partition coefficient (Wildman–Crippen LogP) is 0.461. The minimum absolute atomic E-state index is 0.134. The third kappa shape index (κ3) is 10.0. The Kier molecular flexibility index (Phi) is 12.4. The van der Waals surface area contributed by atoms with Gasteiger partial charge in [0.15, 0.2) is 0 Å². The summed E-state index contributed by atoms with van der Waals surface area (Å²) in [5, 5.41) is 36.8. The minimum Gasteiger partial charge on any atom is -0.395 e. The van der Waals surface area contributed by atoms with Crippen LogP contribution < -0.4 is 26.6 Å². The smallest absolute Gasteiger partial charge is 0.252 e. The number of nitrogens with one attached hydrogen (secondary N) is 5. The highest BCUT2D eigenvalue weighted by atomic mass is 16.3. The van der Waals surface area contributed by atoms with Gasteiger partial charge in [-0.25, -0.2) is 0 Å². The van der Waals surface area contributed by atoms with Gasteiger partial charge in [-0.05, 0) is 48.5 Å². The Hall–Kier alpha value is -4.17. The molecule has 4 rings (SSSR count). The summed E-state index contributed by atoms with van der Waals surface area (Å²) in [5.74, 6) is -0.304. The first-order valence-corrected chi connectivity index (χ1v) is 13.8. The Morgan fingerprint density at radius 2 is 1.10 bits per heavy atom. The van der Waals surface area contributed by atoms with Crippen LogP contribution in [-0.4, -0.2) is 67.6 Å². The van der Waals surface area contributed by atoms with Gasteiger partial charge in [-0.15, -0.1) is 0 Å².